The van der Waals surface area contributed by atoms with Crippen molar-refractivity contribution >= 4 is 40.3 Å². The number of aromatic amines is 1. The molecule has 0 fully saturated rings. The van der Waals surface area contributed by atoms with Crippen molar-refractivity contribution in [2.24, 2.45) is 0 Å². The Morgan fingerprint density at radius 2 is 2.09 bits per heavy atom. The minimum atomic E-state index is -0.550. The van der Waals surface area contributed by atoms with Crippen molar-refractivity contribution in [3.8, 4) is 0 Å². The first-order chi connectivity index (χ1) is 11.0. The van der Waals surface area contributed by atoms with E-state index in [0.29, 0.717) is 22.3 Å². The summed E-state index contributed by atoms with van der Waals surface area (Å²) >= 11 is 5.85. The number of H-pyrrole nitrogens is 1. The minimum absolute atomic E-state index is 0.0429. The number of nitro benzene ring substituents is 1. The predicted molar refractivity (Wildman–Crippen MR) is 87.2 cm³/mol. The zero-order valence-corrected chi connectivity index (χ0v) is 12.3. The zero-order valence-electron chi connectivity index (χ0n) is 11.6. The molecule has 0 unspecified atom stereocenters. The molecule has 2 aromatic heterocycles. The summed E-state index contributed by atoms with van der Waals surface area (Å²) in [5.41, 5.74) is 0.707. The topological polar surface area (TPSA) is 102 Å². The number of nitrogens with one attached hydrogen (secondary N) is 1. The lowest BCUT2D eigenvalue weighted by molar-refractivity contribution is -0.384. The van der Waals surface area contributed by atoms with E-state index >= 15 is 0 Å². The number of nitro groups is 1. The maximum absolute atomic E-state index is 11.9. The summed E-state index contributed by atoms with van der Waals surface area (Å²) in [6.45, 7) is 0. The zero-order chi connectivity index (χ0) is 16.4. The van der Waals surface area contributed by atoms with Crippen LogP contribution in [0.15, 0.2) is 41.5 Å². The van der Waals surface area contributed by atoms with Gasteiger partial charge in [0.25, 0.3) is 11.2 Å². The number of nitrogens with zero attached hydrogens (tertiary/aromatic N) is 3. The summed E-state index contributed by atoms with van der Waals surface area (Å²) < 4.78 is 0. The van der Waals surface area contributed by atoms with Crippen LogP contribution in [-0.4, -0.2) is 19.9 Å². The molecule has 0 spiro atoms. The normalized spacial score (nSPS) is 11.2. The molecule has 114 valence electrons. The molecule has 0 aliphatic rings. The van der Waals surface area contributed by atoms with Crippen LogP contribution in [0.1, 0.15) is 11.4 Å². The highest BCUT2D eigenvalue weighted by molar-refractivity contribution is 6.32. The molecular weight excluding hydrogens is 320 g/mol. The standard InChI is InChI=1S/C15H9ClN4O3/c16-11-7-9(1-3-13(11)20(22)23)2-4-14-18-12-8-17-6-5-10(12)15(21)19-14/h1-8H,(H,18,19,21). The molecule has 3 rings (SSSR count). The maximum atomic E-state index is 11.9. The van der Waals surface area contributed by atoms with Crippen LogP contribution in [0.4, 0.5) is 5.69 Å². The summed E-state index contributed by atoms with van der Waals surface area (Å²) in [5.74, 6) is 0.352. The van der Waals surface area contributed by atoms with Crippen LogP contribution < -0.4 is 5.56 Å². The largest absolute Gasteiger partial charge is 0.306 e. The van der Waals surface area contributed by atoms with E-state index in [1.807, 2.05) is 0 Å². The highest BCUT2D eigenvalue weighted by Crippen LogP contribution is 2.25. The van der Waals surface area contributed by atoms with Gasteiger partial charge in [0.1, 0.15) is 10.8 Å². The van der Waals surface area contributed by atoms with Crippen LogP contribution >= 0.6 is 11.6 Å². The molecular formula is C15H9ClN4O3. The van der Waals surface area contributed by atoms with Crippen molar-refractivity contribution in [3.63, 3.8) is 0 Å². The Morgan fingerprint density at radius 1 is 1.26 bits per heavy atom. The van der Waals surface area contributed by atoms with Gasteiger partial charge in [-0.25, -0.2) is 4.98 Å². The third-order valence-corrected chi connectivity index (χ3v) is 3.43. The van der Waals surface area contributed by atoms with E-state index in [1.165, 1.54) is 24.5 Å². The molecule has 0 bridgehead atoms. The summed E-state index contributed by atoms with van der Waals surface area (Å²) in [7, 11) is 0. The fourth-order valence-corrected chi connectivity index (χ4v) is 2.30. The molecule has 0 aliphatic heterocycles. The first-order valence-corrected chi connectivity index (χ1v) is 6.88. The van der Waals surface area contributed by atoms with Gasteiger partial charge in [0.05, 0.1) is 22.0 Å². The number of hydrogen-bond donors (Lipinski definition) is 1. The van der Waals surface area contributed by atoms with Gasteiger partial charge < -0.3 is 4.98 Å². The predicted octanol–water partition coefficient (Wildman–Crippen LogP) is 3.05. The SMILES string of the molecule is O=c1[nH]c(C=Cc2ccc([N+](=O)[O-])c(Cl)c2)nc2cnccc12. The lowest BCUT2D eigenvalue weighted by atomic mass is 10.2. The molecule has 1 N–H and O–H groups in total. The van der Waals surface area contributed by atoms with Crippen LogP contribution in [0.3, 0.4) is 0 Å². The first-order valence-electron chi connectivity index (χ1n) is 6.50. The van der Waals surface area contributed by atoms with Gasteiger partial charge in [-0.3, -0.25) is 19.9 Å². The molecule has 0 saturated heterocycles. The molecule has 23 heavy (non-hydrogen) atoms. The molecule has 3 aromatic rings. The molecule has 2 heterocycles. The van der Waals surface area contributed by atoms with Crippen molar-refractivity contribution in [1.82, 2.24) is 15.0 Å². The molecule has 8 heteroatoms. The minimum Gasteiger partial charge on any atom is -0.306 e. The Labute approximate surface area is 134 Å². The number of aromatic nitrogens is 3. The Morgan fingerprint density at radius 3 is 2.83 bits per heavy atom. The van der Waals surface area contributed by atoms with Crippen LogP contribution in [0, 0.1) is 10.1 Å². The van der Waals surface area contributed by atoms with Crippen molar-refractivity contribution in [2.45, 2.75) is 0 Å². The third kappa shape index (κ3) is 3.09. The number of rotatable bonds is 3. The van der Waals surface area contributed by atoms with Crippen molar-refractivity contribution in [3.05, 3.63) is 73.5 Å². The van der Waals surface area contributed by atoms with Gasteiger partial charge in [-0.15, -0.1) is 0 Å². The number of halogens is 1. The van der Waals surface area contributed by atoms with Crippen LogP contribution in [-0.2, 0) is 0 Å². The van der Waals surface area contributed by atoms with Gasteiger partial charge in [-0.1, -0.05) is 17.7 Å². The fraction of sp³-hybridized carbons (Fsp3) is 0. The number of fused-ring (bicyclic) bond motifs is 1. The Balaban J connectivity index is 1.95. The summed E-state index contributed by atoms with van der Waals surface area (Å²) in [6.07, 6.45) is 6.26. The summed E-state index contributed by atoms with van der Waals surface area (Å²) in [5, 5.41) is 11.2. The highest BCUT2D eigenvalue weighted by Gasteiger charge is 2.11. The third-order valence-electron chi connectivity index (χ3n) is 3.13. The van der Waals surface area contributed by atoms with Gasteiger partial charge in [-0.2, -0.15) is 0 Å². The molecule has 7 nitrogen and oxygen atoms in total. The maximum Gasteiger partial charge on any atom is 0.287 e. The fourth-order valence-electron chi connectivity index (χ4n) is 2.04. The van der Waals surface area contributed by atoms with E-state index in [4.69, 9.17) is 11.6 Å². The van der Waals surface area contributed by atoms with E-state index in [-0.39, 0.29) is 16.3 Å². The lowest BCUT2D eigenvalue weighted by Crippen LogP contribution is -2.09. The van der Waals surface area contributed by atoms with Gasteiger partial charge in [0.15, 0.2) is 0 Å². The average molecular weight is 329 g/mol. The Bertz CT molecular complexity index is 997. The quantitative estimate of drug-likeness (QED) is 0.588. The second-order valence-electron chi connectivity index (χ2n) is 4.65. The van der Waals surface area contributed by atoms with Crippen LogP contribution in [0.25, 0.3) is 23.1 Å². The van der Waals surface area contributed by atoms with Crippen molar-refractivity contribution in [2.75, 3.05) is 0 Å². The molecule has 0 atom stereocenters. The number of benzene rings is 1. The van der Waals surface area contributed by atoms with E-state index in [1.54, 1.807) is 24.3 Å². The summed E-state index contributed by atoms with van der Waals surface area (Å²) in [6, 6.07) is 5.94. The molecule has 0 radical (unpaired) electrons. The first kappa shape index (κ1) is 14.9. The van der Waals surface area contributed by atoms with E-state index in [0.717, 1.165) is 0 Å². The monoisotopic (exact) mass is 328 g/mol. The van der Waals surface area contributed by atoms with Gasteiger partial charge in [-0.05, 0) is 29.8 Å². The van der Waals surface area contributed by atoms with Crippen LogP contribution in [0.5, 0.6) is 0 Å². The number of hydrogen-bond acceptors (Lipinski definition) is 5. The average Bonchev–Trinajstić information content (AvgIpc) is 2.53. The summed E-state index contributed by atoms with van der Waals surface area (Å²) in [4.78, 5) is 32.9. The van der Waals surface area contributed by atoms with Crippen LogP contribution in [0.2, 0.25) is 5.02 Å². The Hall–Kier alpha value is -3.06. The number of pyridine rings is 1. The molecule has 0 saturated carbocycles. The second kappa shape index (κ2) is 5.98. The van der Waals surface area contributed by atoms with Crippen molar-refractivity contribution in [1.29, 1.82) is 0 Å². The smallest absolute Gasteiger partial charge is 0.287 e. The lowest BCUT2D eigenvalue weighted by Gasteiger charge is -1.99. The van der Waals surface area contributed by atoms with Gasteiger partial charge in [0.2, 0.25) is 0 Å². The Kier molecular flexibility index (Phi) is 3.86. The molecule has 1 aromatic carbocycles. The highest BCUT2D eigenvalue weighted by atomic mass is 35.5. The molecule has 0 amide bonds. The molecule has 0 aliphatic carbocycles. The van der Waals surface area contributed by atoms with E-state index in [9.17, 15) is 14.9 Å². The van der Waals surface area contributed by atoms with Crippen molar-refractivity contribution < 1.29 is 4.92 Å². The van der Waals surface area contributed by atoms with E-state index in [2.05, 4.69) is 15.0 Å². The van der Waals surface area contributed by atoms with E-state index < -0.39 is 4.92 Å². The second-order valence-corrected chi connectivity index (χ2v) is 5.05. The van der Waals surface area contributed by atoms with Gasteiger partial charge >= 0.3 is 0 Å². The van der Waals surface area contributed by atoms with Gasteiger partial charge in [0, 0.05) is 12.3 Å².